The summed E-state index contributed by atoms with van der Waals surface area (Å²) in [4.78, 5) is 16.5. The van der Waals surface area contributed by atoms with Crippen LogP contribution in [-0.2, 0) is 7.05 Å². The Bertz CT molecular complexity index is 1420. The normalized spacial score (nSPS) is 11.5. The van der Waals surface area contributed by atoms with E-state index in [9.17, 15) is 20.3 Å². The molecule has 3 heterocycles. The van der Waals surface area contributed by atoms with Gasteiger partial charge in [0.2, 0.25) is 0 Å². The number of aromatic amines is 2. The highest BCUT2D eigenvalue weighted by Crippen LogP contribution is 2.48. The number of rotatable bonds is 3. The van der Waals surface area contributed by atoms with Crippen LogP contribution in [0.15, 0.2) is 54.9 Å². The van der Waals surface area contributed by atoms with Crippen LogP contribution >= 0.6 is 0 Å². The van der Waals surface area contributed by atoms with Gasteiger partial charge < -0.3 is 19.8 Å². The number of non-ortho nitro benzene ring substituents is 1. The Hall–Kier alpha value is -4.20. The zero-order valence-corrected chi connectivity index (χ0v) is 15.3. The molecule has 0 unspecified atom stereocenters. The highest BCUT2D eigenvalue weighted by molar-refractivity contribution is 6.07. The van der Waals surface area contributed by atoms with E-state index in [0.717, 1.165) is 21.9 Å². The summed E-state index contributed by atoms with van der Waals surface area (Å²) in [5.74, 6) is -0.324. The average molecular weight is 388 g/mol. The van der Waals surface area contributed by atoms with Crippen LogP contribution in [0.4, 0.5) is 5.69 Å². The second-order valence-electron chi connectivity index (χ2n) is 6.93. The van der Waals surface area contributed by atoms with E-state index in [1.807, 2.05) is 24.3 Å². The maximum absolute atomic E-state index is 11.1. The van der Waals surface area contributed by atoms with Crippen LogP contribution in [0.5, 0.6) is 11.8 Å². The molecule has 0 aliphatic rings. The zero-order valence-electron chi connectivity index (χ0n) is 15.3. The molecule has 0 aliphatic heterocycles. The van der Waals surface area contributed by atoms with E-state index in [0.29, 0.717) is 22.2 Å². The minimum absolute atomic E-state index is 0.0109. The van der Waals surface area contributed by atoms with Crippen molar-refractivity contribution >= 4 is 27.5 Å². The lowest BCUT2D eigenvalue weighted by Gasteiger charge is -2.04. The van der Waals surface area contributed by atoms with Gasteiger partial charge in [-0.05, 0) is 12.1 Å². The molecule has 8 heteroatoms. The molecule has 0 amide bonds. The van der Waals surface area contributed by atoms with Gasteiger partial charge in [0.1, 0.15) is 0 Å². The predicted octanol–water partition coefficient (Wildman–Crippen LogP) is 4.64. The van der Waals surface area contributed by atoms with Crippen LogP contribution < -0.4 is 0 Å². The summed E-state index contributed by atoms with van der Waals surface area (Å²) in [5, 5.41) is 34.0. The van der Waals surface area contributed by atoms with Gasteiger partial charge in [-0.15, -0.1) is 0 Å². The van der Waals surface area contributed by atoms with Crippen LogP contribution in [0.25, 0.3) is 44.1 Å². The van der Waals surface area contributed by atoms with Crippen molar-refractivity contribution in [1.82, 2.24) is 14.5 Å². The second-order valence-corrected chi connectivity index (χ2v) is 6.93. The van der Waals surface area contributed by atoms with E-state index in [2.05, 4.69) is 9.97 Å². The lowest BCUT2D eigenvalue weighted by atomic mass is 9.97. The fourth-order valence-corrected chi connectivity index (χ4v) is 3.96. The molecule has 2 aromatic carbocycles. The molecule has 0 saturated carbocycles. The van der Waals surface area contributed by atoms with Gasteiger partial charge in [-0.2, -0.15) is 0 Å². The number of benzene rings is 2. The Morgan fingerprint density at radius 1 is 1.00 bits per heavy atom. The Kier molecular flexibility index (Phi) is 3.44. The fraction of sp³-hybridized carbons (Fsp3) is 0.0476. The zero-order chi connectivity index (χ0) is 20.3. The first-order valence-electron chi connectivity index (χ1n) is 8.90. The van der Waals surface area contributed by atoms with Gasteiger partial charge in [0.15, 0.2) is 11.8 Å². The average Bonchev–Trinajstić information content (AvgIpc) is 3.35. The van der Waals surface area contributed by atoms with E-state index in [4.69, 9.17) is 0 Å². The van der Waals surface area contributed by atoms with Crippen LogP contribution in [0.2, 0.25) is 0 Å². The number of hydrogen-bond acceptors (Lipinski definition) is 4. The fourth-order valence-electron chi connectivity index (χ4n) is 3.96. The monoisotopic (exact) mass is 388 g/mol. The summed E-state index contributed by atoms with van der Waals surface area (Å²) in [6.07, 6.45) is 3.57. The summed E-state index contributed by atoms with van der Waals surface area (Å²) < 4.78 is 1.76. The number of hydrogen-bond donors (Lipinski definition) is 4. The second kappa shape index (κ2) is 5.90. The summed E-state index contributed by atoms with van der Waals surface area (Å²) >= 11 is 0. The van der Waals surface area contributed by atoms with Crippen LogP contribution in [-0.4, -0.2) is 29.7 Å². The molecule has 0 fully saturated rings. The van der Waals surface area contributed by atoms with Crippen molar-refractivity contribution in [3.05, 3.63) is 65.0 Å². The largest absolute Gasteiger partial charge is 0.494 e. The van der Waals surface area contributed by atoms with Gasteiger partial charge in [-0.3, -0.25) is 15.1 Å². The van der Waals surface area contributed by atoms with Crippen molar-refractivity contribution in [2.45, 2.75) is 0 Å². The topological polar surface area (TPSA) is 120 Å². The van der Waals surface area contributed by atoms with Crippen LogP contribution in [0.1, 0.15) is 0 Å². The van der Waals surface area contributed by atoms with Gasteiger partial charge in [0, 0.05) is 59.0 Å². The molecule has 5 aromatic rings. The maximum Gasteiger partial charge on any atom is 0.271 e. The summed E-state index contributed by atoms with van der Waals surface area (Å²) in [6.45, 7) is 0. The number of nitro benzene ring substituents is 1. The van der Waals surface area contributed by atoms with Crippen molar-refractivity contribution in [2.24, 2.45) is 7.05 Å². The van der Waals surface area contributed by atoms with Gasteiger partial charge in [-0.1, -0.05) is 18.2 Å². The van der Waals surface area contributed by atoms with Crippen molar-refractivity contribution < 1.29 is 15.1 Å². The number of para-hydroxylation sites is 1. The van der Waals surface area contributed by atoms with E-state index in [1.54, 1.807) is 30.1 Å². The first-order valence-corrected chi connectivity index (χ1v) is 8.90. The molecule has 29 heavy (non-hydrogen) atoms. The number of fused-ring (bicyclic) bond motifs is 2. The molecule has 0 saturated heterocycles. The molecule has 0 bridgehead atoms. The van der Waals surface area contributed by atoms with Crippen molar-refractivity contribution in [3.8, 4) is 34.0 Å². The molecule has 144 valence electrons. The molecule has 3 aromatic heterocycles. The Balaban J connectivity index is 1.82. The van der Waals surface area contributed by atoms with Gasteiger partial charge >= 0.3 is 0 Å². The van der Waals surface area contributed by atoms with Crippen molar-refractivity contribution in [3.63, 3.8) is 0 Å². The smallest absolute Gasteiger partial charge is 0.271 e. The summed E-state index contributed by atoms with van der Waals surface area (Å²) in [5.41, 5.74) is 3.84. The number of aromatic nitrogens is 3. The minimum Gasteiger partial charge on any atom is -0.494 e. The lowest BCUT2D eigenvalue weighted by Crippen LogP contribution is -1.89. The number of aromatic hydroxyl groups is 2. The van der Waals surface area contributed by atoms with Gasteiger partial charge in [0.25, 0.3) is 5.69 Å². The van der Waals surface area contributed by atoms with Gasteiger partial charge in [-0.25, -0.2) is 0 Å². The number of nitrogens with one attached hydrogen (secondary N) is 2. The summed E-state index contributed by atoms with van der Waals surface area (Å²) in [7, 11) is 1.78. The van der Waals surface area contributed by atoms with Crippen LogP contribution in [0, 0.1) is 10.1 Å². The first kappa shape index (κ1) is 16.9. The molecule has 8 nitrogen and oxygen atoms in total. The highest BCUT2D eigenvalue weighted by atomic mass is 16.6. The third-order valence-corrected chi connectivity index (χ3v) is 5.27. The standard InChI is InChI=1S/C21H16N4O4/c1-24-10-15(13-7-6-11(25(28)29)8-17(13)24)19-18(20(26)23-21(19)27)14-9-22-16-5-3-2-4-12(14)16/h2-10,22-23,26-27H,1H3. The number of nitrogens with zero attached hydrogens (tertiary/aromatic N) is 2. The highest BCUT2D eigenvalue weighted by Gasteiger charge is 2.25. The molecule has 0 radical (unpaired) electrons. The first-order chi connectivity index (χ1) is 14.0. The predicted molar refractivity (Wildman–Crippen MR) is 110 cm³/mol. The SMILES string of the molecule is Cn1cc(-c2c(O)[nH]c(O)c2-c2c[nH]c3ccccc23)c2ccc([N+](=O)[O-])cc21. The van der Waals surface area contributed by atoms with Gasteiger partial charge in [0.05, 0.1) is 21.6 Å². The summed E-state index contributed by atoms with van der Waals surface area (Å²) in [6, 6.07) is 12.3. The molecule has 0 spiro atoms. The van der Waals surface area contributed by atoms with Crippen molar-refractivity contribution in [1.29, 1.82) is 0 Å². The number of aryl methyl sites for hydroxylation is 1. The van der Waals surface area contributed by atoms with Crippen LogP contribution in [0.3, 0.4) is 0 Å². The molecule has 4 N–H and O–H groups in total. The third-order valence-electron chi connectivity index (χ3n) is 5.27. The maximum atomic E-state index is 11.1. The molecule has 0 atom stereocenters. The molecular weight excluding hydrogens is 372 g/mol. The van der Waals surface area contributed by atoms with Crippen molar-refractivity contribution in [2.75, 3.05) is 0 Å². The lowest BCUT2D eigenvalue weighted by molar-refractivity contribution is -0.384. The quantitative estimate of drug-likeness (QED) is 0.266. The Labute approximate surface area is 163 Å². The Morgan fingerprint density at radius 2 is 1.72 bits per heavy atom. The van der Waals surface area contributed by atoms with E-state index in [1.165, 1.54) is 12.1 Å². The molecular formula is C21H16N4O4. The van der Waals surface area contributed by atoms with E-state index in [-0.39, 0.29) is 17.4 Å². The molecule has 5 rings (SSSR count). The minimum atomic E-state index is -0.441. The van der Waals surface area contributed by atoms with E-state index >= 15 is 0 Å². The Morgan fingerprint density at radius 3 is 2.48 bits per heavy atom. The number of H-pyrrole nitrogens is 2. The van der Waals surface area contributed by atoms with E-state index < -0.39 is 4.92 Å². The molecule has 0 aliphatic carbocycles. The number of nitro groups is 1. The third kappa shape index (κ3) is 2.39.